The maximum atomic E-state index is 6.14. The fraction of sp³-hybridized carbons (Fsp3) is 0.267. The monoisotopic (exact) mass is 494 g/mol. The molecule has 5 rings (SSSR count). The summed E-state index contributed by atoms with van der Waals surface area (Å²) in [6.07, 6.45) is 2.15. The van der Waals surface area contributed by atoms with E-state index in [1.807, 2.05) is 12.1 Å². The summed E-state index contributed by atoms with van der Waals surface area (Å²) in [5.41, 5.74) is 13.7. The van der Waals surface area contributed by atoms with Gasteiger partial charge in [0.05, 0.1) is 19.2 Å². The molecule has 0 aliphatic carbocycles. The zero-order chi connectivity index (χ0) is 25.8. The predicted molar refractivity (Wildman–Crippen MR) is 153 cm³/mol. The summed E-state index contributed by atoms with van der Waals surface area (Å²) >= 11 is 0. The Morgan fingerprint density at radius 2 is 1.78 bits per heavy atom. The van der Waals surface area contributed by atoms with Gasteiger partial charge in [-0.1, -0.05) is 55.3 Å². The van der Waals surface area contributed by atoms with Crippen molar-refractivity contribution < 1.29 is 4.74 Å². The van der Waals surface area contributed by atoms with Gasteiger partial charge in [-0.15, -0.1) is 0 Å². The molecule has 0 radical (unpaired) electrons. The Morgan fingerprint density at radius 1 is 0.973 bits per heavy atom. The molecule has 0 saturated carbocycles. The number of anilines is 3. The minimum absolute atomic E-state index is 0.274. The number of fused-ring (bicyclic) bond motifs is 3. The summed E-state index contributed by atoms with van der Waals surface area (Å²) in [7, 11) is 1.72. The van der Waals surface area contributed by atoms with Gasteiger partial charge in [-0.25, -0.2) is 4.98 Å². The van der Waals surface area contributed by atoms with E-state index in [2.05, 4.69) is 93.6 Å². The topological polar surface area (TPSA) is 90.0 Å². The molecule has 7 heteroatoms. The first-order valence-electron chi connectivity index (χ1n) is 12.8. The van der Waals surface area contributed by atoms with Crippen LogP contribution in [0.25, 0.3) is 21.9 Å². The quantitative estimate of drug-likeness (QED) is 0.196. The smallest absolute Gasteiger partial charge is 0.222 e. The average Bonchev–Trinajstić information content (AvgIpc) is 3.22. The van der Waals surface area contributed by atoms with Crippen molar-refractivity contribution in [2.75, 3.05) is 30.0 Å². The third-order valence-electron chi connectivity index (χ3n) is 6.67. The van der Waals surface area contributed by atoms with Crippen LogP contribution in [0.2, 0.25) is 0 Å². The Morgan fingerprint density at radius 3 is 2.57 bits per heavy atom. The van der Waals surface area contributed by atoms with Gasteiger partial charge in [-0.3, -0.25) is 0 Å². The molecule has 0 bridgehead atoms. The average molecular weight is 495 g/mol. The summed E-state index contributed by atoms with van der Waals surface area (Å²) in [5, 5.41) is 8.09. The van der Waals surface area contributed by atoms with Gasteiger partial charge < -0.3 is 25.7 Å². The first-order valence-corrected chi connectivity index (χ1v) is 12.8. The van der Waals surface area contributed by atoms with Crippen LogP contribution in [0, 0.1) is 6.92 Å². The SMILES string of the molecule is CCCCNc1nc(N)nc2c3ccccc3n(Cc3cc(CNc4ccc(C)cc4)ccc3OC)c12. The minimum atomic E-state index is 0.274. The van der Waals surface area contributed by atoms with Crippen LogP contribution in [0.5, 0.6) is 5.75 Å². The van der Waals surface area contributed by atoms with E-state index in [0.717, 1.165) is 70.7 Å². The molecule has 0 fully saturated rings. The van der Waals surface area contributed by atoms with E-state index >= 15 is 0 Å². The highest BCUT2D eigenvalue weighted by atomic mass is 16.5. The molecule has 0 aliphatic heterocycles. The fourth-order valence-electron chi connectivity index (χ4n) is 4.73. The van der Waals surface area contributed by atoms with Crippen LogP contribution >= 0.6 is 0 Å². The second kappa shape index (κ2) is 10.8. The van der Waals surface area contributed by atoms with Crippen LogP contribution in [0.1, 0.15) is 36.5 Å². The van der Waals surface area contributed by atoms with Gasteiger partial charge in [0.25, 0.3) is 0 Å². The summed E-state index contributed by atoms with van der Waals surface area (Å²) < 4.78 is 8.05. The molecule has 0 atom stereocenters. The van der Waals surface area contributed by atoms with Gasteiger partial charge >= 0.3 is 0 Å². The lowest BCUT2D eigenvalue weighted by molar-refractivity contribution is 0.408. The lowest BCUT2D eigenvalue weighted by Gasteiger charge is -2.16. The maximum absolute atomic E-state index is 6.14. The van der Waals surface area contributed by atoms with Crippen molar-refractivity contribution in [1.82, 2.24) is 14.5 Å². The zero-order valence-corrected chi connectivity index (χ0v) is 21.7. The van der Waals surface area contributed by atoms with Crippen molar-refractivity contribution in [1.29, 1.82) is 0 Å². The number of para-hydroxylation sites is 1. The number of nitrogens with zero attached hydrogens (tertiary/aromatic N) is 3. The molecule has 7 nitrogen and oxygen atoms in total. The van der Waals surface area contributed by atoms with E-state index in [0.29, 0.717) is 6.54 Å². The number of hydrogen-bond donors (Lipinski definition) is 3. The van der Waals surface area contributed by atoms with E-state index < -0.39 is 0 Å². The fourth-order valence-corrected chi connectivity index (χ4v) is 4.73. The number of methoxy groups -OCH3 is 1. The molecule has 0 aliphatic rings. The van der Waals surface area contributed by atoms with Crippen LogP contribution in [-0.4, -0.2) is 28.2 Å². The summed E-state index contributed by atoms with van der Waals surface area (Å²) in [6.45, 7) is 6.43. The number of ether oxygens (including phenoxy) is 1. The molecule has 4 N–H and O–H groups in total. The van der Waals surface area contributed by atoms with Gasteiger partial charge in [0.15, 0.2) is 5.82 Å². The van der Waals surface area contributed by atoms with Gasteiger partial charge in [0.2, 0.25) is 5.95 Å². The number of nitrogens with one attached hydrogen (secondary N) is 2. The van der Waals surface area contributed by atoms with E-state index in [1.165, 1.54) is 11.1 Å². The van der Waals surface area contributed by atoms with Crippen molar-refractivity contribution in [2.24, 2.45) is 0 Å². The summed E-state index contributed by atoms with van der Waals surface area (Å²) in [5.74, 6) is 1.89. The molecule has 0 saturated heterocycles. The number of benzene rings is 3. The van der Waals surface area contributed by atoms with Crippen LogP contribution in [0.15, 0.2) is 66.7 Å². The molecule has 3 aromatic carbocycles. The summed E-state index contributed by atoms with van der Waals surface area (Å²) in [4.78, 5) is 9.24. The number of rotatable bonds is 10. The predicted octanol–water partition coefficient (Wildman–Crippen LogP) is 6.36. The molecule has 37 heavy (non-hydrogen) atoms. The second-order valence-corrected chi connectivity index (χ2v) is 9.38. The first-order chi connectivity index (χ1) is 18.1. The zero-order valence-electron chi connectivity index (χ0n) is 21.7. The number of aromatic nitrogens is 3. The van der Waals surface area contributed by atoms with Gasteiger partial charge in [0.1, 0.15) is 16.8 Å². The lowest BCUT2D eigenvalue weighted by atomic mass is 10.1. The molecule has 190 valence electrons. The molecular formula is C30H34N6O. The van der Waals surface area contributed by atoms with E-state index in [4.69, 9.17) is 10.5 Å². The molecule has 0 amide bonds. The van der Waals surface area contributed by atoms with Crippen LogP contribution in [-0.2, 0) is 13.1 Å². The highest BCUT2D eigenvalue weighted by Crippen LogP contribution is 2.34. The van der Waals surface area contributed by atoms with Gasteiger partial charge in [-0.2, -0.15) is 4.98 Å². The Kier molecular flexibility index (Phi) is 7.12. The Balaban J connectivity index is 1.55. The highest BCUT2D eigenvalue weighted by Gasteiger charge is 2.19. The number of nitrogen functional groups attached to an aromatic ring is 1. The lowest BCUT2D eigenvalue weighted by Crippen LogP contribution is -2.10. The largest absolute Gasteiger partial charge is 0.496 e. The molecule has 0 unspecified atom stereocenters. The number of aryl methyl sites for hydroxylation is 1. The van der Waals surface area contributed by atoms with E-state index in [9.17, 15) is 0 Å². The van der Waals surface area contributed by atoms with Crippen molar-refractivity contribution in [2.45, 2.75) is 39.8 Å². The van der Waals surface area contributed by atoms with E-state index in [1.54, 1.807) is 7.11 Å². The molecule has 2 heterocycles. The van der Waals surface area contributed by atoms with Gasteiger partial charge in [0, 0.05) is 29.7 Å². The first kappa shape index (κ1) is 24.4. The van der Waals surface area contributed by atoms with Crippen LogP contribution in [0.3, 0.4) is 0 Å². The number of unbranched alkanes of at least 4 members (excludes halogenated alkanes) is 1. The summed E-state index contributed by atoms with van der Waals surface area (Å²) in [6, 6.07) is 23.1. The third kappa shape index (κ3) is 5.16. The Bertz CT molecular complexity index is 1520. The van der Waals surface area contributed by atoms with Crippen LogP contribution in [0.4, 0.5) is 17.5 Å². The highest BCUT2D eigenvalue weighted by molar-refractivity contribution is 6.09. The standard InChI is InChI=1S/C30H34N6O/c1-4-5-16-32-29-28-27(34-30(31)35-29)24-8-6-7-9-25(24)36(28)19-22-17-21(12-15-26(22)37-3)18-33-23-13-10-20(2)11-14-23/h6-15,17,33H,4-5,16,18-19H2,1-3H3,(H3,31,32,34,35). The third-order valence-corrected chi connectivity index (χ3v) is 6.67. The Hall–Kier alpha value is -4.26. The minimum Gasteiger partial charge on any atom is -0.496 e. The van der Waals surface area contributed by atoms with Crippen molar-refractivity contribution in [3.63, 3.8) is 0 Å². The van der Waals surface area contributed by atoms with Crippen molar-refractivity contribution in [3.8, 4) is 5.75 Å². The normalized spacial score (nSPS) is 11.2. The number of nitrogens with two attached hydrogens (primary N) is 1. The van der Waals surface area contributed by atoms with Crippen molar-refractivity contribution in [3.05, 3.63) is 83.4 Å². The van der Waals surface area contributed by atoms with Crippen LogP contribution < -0.4 is 21.1 Å². The maximum Gasteiger partial charge on any atom is 0.222 e. The second-order valence-electron chi connectivity index (χ2n) is 9.38. The molecule has 2 aromatic heterocycles. The molecule has 0 spiro atoms. The molecule has 5 aromatic rings. The van der Waals surface area contributed by atoms with Crippen molar-refractivity contribution >= 4 is 39.4 Å². The molecular weight excluding hydrogens is 460 g/mol. The number of hydrogen-bond acceptors (Lipinski definition) is 6. The van der Waals surface area contributed by atoms with E-state index in [-0.39, 0.29) is 5.95 Å². The van der Waals surface area contributed by atoms with Gasteiger partial charge in [-0.05, 0) is 49.2 Å². The Labute approximate surface area is 217 Å².